The van der Waals surface area contributed by atoms with E-state index in [-0.39, 0.29) is 65.0 Å². The van der Waals surface area contributed by atoms with Crippen LogP contribution >= 0.6 is 0 Å². The fourth-order valence-corrected chi connectivity index (χ4v) is 0.730. The van der Waals surface area contributed by atoms with Crippen molar-refractivity contribution >= 4 is 5.78 Å². The molecule has 0 bridgehead atoms. The van der Waals surface area contributed by atoms with Crippen molar-refractivity contribution in [2.75, 3.05) is 0 Å². The number of hydrogen-bond donors (Lipinski definition) is 0. The summed E-state index contributed by atoms with van der Waals surface area (Å²) in [7, 11) is 0. The zero-order chi connectivity index (χ0) is 8.15. The third-order valence-electron chi connectivity index (χ3n) is 1.36. The van der Waals surface area contributed by atoms with Gasteiger partial charge in [0.15, 0.2) is 0 Å². The van der Waals surface area contributed by atoms with Crippen LogP contribution in [-0.4, -0.2) is 16.7 Å². The summed E-state index contributed by atoms with van der Waals surface area (Å²) in [5, 5.41) is 10.1. The number of ketones is 1. The zero-order valence-corrected chi connectivity index (χ0v) is 10.3. The van der Waals surface area contributed by atoms with E-state index in [1.165, 1.54) is 0 Å². The van der Waals surface area contributed by atoms with Crippen molar-refractivity contribution in [3.05, 3.63) is 10.1 Å². The second-order valence-electron chi connectivity index (χ2n) is 2.03. The van der Waals surface area contributed by atoms with Crippen molar-refractivity contribution in [1.82, 2.24) is 0 Å². The van der Waals surface area contributed by atoms with E-state index in [0.717, 1.165) is 0 Å². The SMILES string of the molecule is CCC(=O)C(CC)[N+](=O)[O-].[H-].[K+]. The molecule has 0 radical (unpaired) electrons. The topological polar surface area (TPSA) is 60.2 Å². The van der Waals surface area contributed by atoms with Gasteiger partial charge >= 0.3 is 51.4 Å². The predicted octanol–water partition coefficient (Wildman–Crippen LogP) is -1.86. The van der Waals surface area contributed by atoms with Gasteiger partial charge in [0.2, 0.25) is 5.78 Å². The molecule has 1 atom stereocenters. The van der Waals surface area contributed by atoms with Gasteiger partial charge in [0.25, 0.3) is 6.04 Å². The minimum absolute atomic E-state index is 0. The first-order valence-corrected chi connectivity index (χ1v) is 3.29. The molecule has 0 saturated heterocycles. The molecule has 0 aliphatic heterocycles. The summed E-state index contributed by atoms with van der Waals surface area (Å²) in [6.45, 7) is 3.27. The van der Waals surface area contributed by atoms with E-state index in [2.05, 4.69) is 0 Å². The molecule has 11 heavy (non-hydrogen) atoms. The number of nitro groups is 1. The normalized spacial score (nSPS) is 11.5. The van der Waals surface area contributed by atoms with E-state index in [4.69, 9.17) is 0 Å². The van der Waals surface area contributed by atoms with Gasteiger partial charge in [-0.3, -0.25) is 14.9 Å². The molecule has 0 aliphatic rings. The van der Waals surface area contributed by atoms with Crippen LogP contribution in [0.1, 0.15) is 28.1 Å². The second kappa shape index (κ2) is 7.36. The van der Waals surface area contributed by atoms with E-state index < -0.39 is 11.0 Å². The molecular formula is C6H12KNO3. The average Bonchev–Trinajstić information content (AvgIpc) is 1.88. The number of rotatable bonds is 4. The third-order valence-corrected chi connectivity index (χ3v) is 1.36. The molecule has 0 amide bonds. The van der Waals surface area contributed by atoms with Crippen LogP contribution in [0.2, 0.25) is 0 Å². The molecule has 5 heteroatoms. The van der Waals surface area contributed by atoms with E-state index in [1.54, 1.807) is 13.8 Å². The minimum Gasteiger partial charge on any atom is -1.00 e. The maximum atomic E-state index is 10.7. The summed E-state index contributed by atoms with van der Waals surface area (Å²) in [4.78, 5) is 20.3. The van der Waals surface area contributed by atoms with Crippen LogP contribution < -0.4 is 51.4 Å². The van der Waals surface area contributed by atoms with Crippen LogP contribution in [0.5, 0.6) is 0 Å². The van der Waals surface area contributed by atoms with Crippen molar-refractivity contribution in [3.8, 4) is 0 Å². The molecule has 4 nitrogen and oxygen atoms in total. The van der Waals surface area contributed by atoms with Crippen LogP contribution in [-0.2, 0) is 4.79 Å². The smallest absolute Gasteiger partial charge is 1.00 e. The molecule has 0 aliphatic carbocycles. The number of hydrogen-bond acceptors (Lipinski definition) is 3. The van der Waals surface area contributed by atoms with E-state index in [9.17, 15) is 14.9 Å². The summed E-state index contributed by atoms with van der Waals surface area (Å²) < 4.78 is 0. The molecular weight excluding hydrogens is 173 g/mol. The van der Waals surface area contributed by atoms with Gasteiger partial charge in [-0.05, 0) is 0 Å². The van der Waals surface area contributed by atoms with Gasteiger partial charge < -0.3 is 1.43 Å². The van der Waals surface area contributed by atoms with E-state index in [0.29, 0.717) is 6.42 Å². The summed E-state index contributed by atoms with van der Waals surface area (Å²) in [5.41, 5.74) is 0. The Morgan fingerprint density at radius 1 is 1.64 bits per heavy atom. The van der Waals surface area contributed by atoms with Crippen molar-refractivity contribution < 1.29 is 62.5 Å². The first-order chi connectivity index (χ1) is 4.63. The van der Waals surface area contributed by atoms with Crippen LogP contribution in [0, 0.1) is 10.1 Å². The maximum Gasteiger partial charge on any atom is 1.00 e. The quantitative estimate of drug-likeness (QED) is 0.293. The molecule has 0 N–H and O–H groups in total. The van der Waals surface area contributed by atoms with Crippen molar-refractivity contribution in [2.24, 2.45) is 0 Å². The molecule has 1 unspecified atom stereocenters. The van der Waals surface area contributed by atoms with Crippen LogP contribution in [0.3, 0.4) is 0 Å². The van der Waals surface area contributed by atoms with Crippen LogP contribution in [0.25, 0.3) is 0 Å². The summed E-state index contributed by atoms with van der Waals surface area (Å²) >= 11 is 0. The molecule has 0 aromatic heterocycles. The fourth-order valence-electron chi connectivity index (χ4n) is 0.730. The van der Waals surface area contributed by atoms with Crippen LogP contribution in [0.4, 0.5) is 0 Å². The Bertz CT molecular complexity index is 154. The molecule has 0 spiro atoms. The van der Waals surface area contributed by atoms with E-state index in [1.807, 2.05) is 0 Å². The monoisotopic (exact) mass is 185 g/mol. The Labute approximate surface area is 110 Å². The Hall–Kier alpha value is 0.706. The van der Waals surface area contributed by atoms with Gasteiger partial charge in [0, 0.05) is 17.8 Å². The average molecular weight is 185 g/mol. The van der Waals surface area contributed by atoms with Gasteiger partial charge in [0.05, 0.1) is 0 Å². The standard InChI is InChI=1S/C6H11NO3.K.H/c1-3-5(7(9)10)6(8)4-2;;/h5H,3-4H2,1-2H3;;/q;+1;-1. The first kappa shape index (κ1) is 14.2. The Balaban J connectivity index is -0.000000405. The van der Waals surface area contributed by atoms with Crippen molar-refractivity contribution in [3.63, 3.8) is 0 Å². The van der Waals surface area contributed by atoms with Gasteiger partial charge in [-0.1, -0.05) is 13.8 Å². The number of Topliss-reactive ketones (excluding diaryl/α,β-unsaturated/α-hetero) is 1. The molecule has 0 heterocycles. The summed E-state index contributed by atoms with van der Waals surface area (Å²) in [6.07, 6.45) is 0.541. The van der Waals surface area contributed by atoms with Gasteiger partial charge in [-0.15, -0.1) is 0 Å². The Kier molecular flexibility index (Phi) is 9.53. The zero-order valence-electron chi connectivity index (χ0n) is 8.16. The molecule has 0 aromatic rings. The first-order valence-electron chi connectivity index (χ1n) is 3.29. The summed E-state index contributed by atoms with van der Waals surface area (Å²) in [6, 6.07) is -0.981. The predicted molar refractivity (Wildman–Crippen MR) is 37.5 cm³/mol. The van der Waals surface area contributed by atoms with Crippen molar-refractivity contribution in [2.45, 2.75) is 32.7 Å². The molecule has 0 saturated carbocycles. The largest absolute Gasteiger partial charge is 1.00 e. The molecule has 0 aromatic carbocycles. The van der Waals surface area contributed by atoms with Crippen molar-refractivity contribution in [1.29, 1.82) is 0 Å². The number of nitrogens with zero attached hydrogens (tertiary/aromatic N) is 1. The Morgan fingerprint density at radius 2 is 2.09 bits per heavy atom. The summed E-state index contributed by atoms with van der Waals surface area (Å²) in [5.74, 6) is -0.285. The third kappa shape index (κ3) is 5.03. The van der Waals surface area contributed by atoms with Gasteiger partial charge in [-0.2, -0.15) is 0 Å². The number of carbonyl (C=O) groups excluding carboxylic acids is 1. The molecule has 60 valence electrons. The minimum atomic E-state index is -0.981. The molecule has 0 rings (SSSR count). The van der Waals surface area contributed by atoms with Gasteiger partial charge in [0.1, 0.15) is 0 Å². The van der Waals surface area contributed by atoms with E-state index >= 15 is 0 Å². The van der Waals surface area contributed by atoms with Crippen LogP contribution in [0.15, 0.2) is 0 Å². The fraction of sp³-hybridized carbons (Fsp3) is 0.833. The number of carbonyl (C=O) groups is 1. The second-order valence-corrected chi connectivity index (χ2v) is 2.03. The molecule has 0 fully saturated rings. The van der Waals surface area contributed by atoms with Gasteiger partial charge in [-0.25, -0.2) is 0 Å². The maximum absolute atomic E-state index is 10.7. The Morgan fingerprint density at radius 3 is 2.18 bits per heavy atom.